The number of carbonyl (C=O) groups excluding carboxylic acids is 1. The summed E-state index contributed by atoms with van der Waals surface area (Å²) in [4.78, 5) is 21.8. The lowest BCUT2D eigenvalue weighted by molar-refractivity contribution is -0.134. The average Bonchev–Trinajstić information content (AvgIpc) is 3.29. The van der Waals surface area contributed by atoms with Gasteiger partial charge in [-0.05, 0) is 50.1 Å². The van der Waals surface area contributed by atoms with Gasteiger partial charge in [0.2, 0.25) is 17.7 Å². The van der Waals surface area contributed by atoms with Gasteiger partial charge in [0.1, 0.15) is 0 Å². The first-order valence-corrected chi connectivity index (χ1v) is 10.9. The molecular formula is C22H21ClN6O2. The minimum Gasteiger partial charge on any atom is -0.461 e. The second-order valence-electron chi connectivity index (χ2n) is 8.33. The number of amides is 1. The predicted molar refractivity (Wildman–Crippen MR) is 117 cm³/mol. The summed E-state index contributed by atoms with van der Waals surface area (Å²) in [6.45, 7) is 4.14. The number of anilines is 1. The molecule has 3 aromatic heterocycles. The van der Waals surface area contributed by atoms with E-state index in [4.69, 9.17) is 21.0 Å². The quantitative estimate of drug-likeness (QED) is 0.488. The molecule has 1 aliphatic heterocycles. The number of rotatable bonds is 3. The number of piperazine rings is 1. The van der Waals surface area contributed by atoms with E-state index in [0.29, 0.717) is 41.9 Å². The Hall–Kier alpha value is -3.13. The second-order valence-corrected chi connectivity index (χ2v) is 8.77. The van der Waals surface area contributed by atoms with Crippen LogP contribution in [0.2, 0.25) is 5.02 Å². The Kier molecular flexibility index (Phi) is 4.17. The Labute approximate surface area is 183 Å². The number of aromatic nitrogens is 4. The molecule has 4 heterocycles. The molecule has 1 aromatic carbocycles. The molecule has 1 saturated carbocycles. The molecule has 4 aromatic rings. The maximum atomic E-state index is 12.6. The zero-order valence-electron chi connectivity index (χ0n) is 17.0. The highest BCUT2D eigenvalue weighted by Crippen LogP contribution is 2.34. The van der Waals surface area contributed by atoms with E-state index in [1.54, 1.807) is 6.26 Å². The molecule has 0 radical (unpaired) electrons. The Bertz CT molecular complexity index is 1300. The molecule has 31 heavy (non-hydrogen) atoms. The fourth-order valence-electron chi connectivity index (χ4n) is 4.40. The minimum atomic E-state index is 0.0947. The van der Waals surface area contributed by atoms with Crippen LogP contribution in [-0.4, -0.2) is 56.1 Å². The van der Waals surface area contributed by atoms with E-state index in [1.807, 2.05) is 39.6 Å². The fourth-order valence-corrected chi connectivity index (χ4v) is 4.57. The van der Waals surface area contributed by atoms with Crippen molar-refractivity contribution in [3.05, 3.63) is 41.6 Å². The lowest BCUT2D eigenvalue weighted by Crippen LogP contribution is -2.55. The summed E-state index contributed by atoms with van der Waals surface area (Å²) in [5.74, 6) is 2.47. The largest absolute Gasteiger partial charge is 0.461 e. The van der Waals surface area contributed by atoms with Crippen molar-refractivity contribution in [3.63, 3.8) is 0 Å². The lowest BCUT2D eigenvalue weighted by Gasteiger charge is -2.40. The summed E-state index contributed by atoms with van der Waals surface area (Å²) in [5, 5.41) is 10.4. The number of fused-ring (bicyclic) bond motifs is 3. The molecule has 1 atom stereocenters. The standard InChI is InChI=1S/C22H21ClN6O2/c1-13-12-27(8-9-28(13)21(30)14-4-5-14)22-24-17-11-15(23)6-7-16(17)19-25-26-20(29(19)22)18-3-2-10-31-18/h2-3,6-7,10-11,13-14H,4-5,8-9,12H2,1H3/t13-/m1/s1. The Morgan fingerprint density at radius 3 is 2.81 bits per heavy atom. The SMILES string of the molecule is C[C@@H]1CN(c2nc3cc(Cl)ccc3c3nnc(-c4ccco4)n23)CCN1C(=O)C1CC1. The van der Waals surface area contributed by atoms with Crippen molar-refractivity contribution < 1.29 is 9.21 Å². The molecular weight excluding hydrogens is 416 g/mol. The molecule has 1 saturated heterocycles. The number of hydrogen-bond acceptors (Lipinski definition) is 6. The first-order valence-electron chi connectivity index (χ1n) is 10.5. The van der Waals surface area contributed by atoms with Crippen molar-refractivity contribution in [2.75, 3.05) is 24.5 Å². The van der Waals surface area contributed by atoms with Crippen LogP contribution in [0.25, 0.3) is 28.1 Å². The van der Waals surface area contributed by atoms with Crippen molar-refractivity contribution in [2.45, 2.75) is 25.8 Å². The van der Waals surface area contributed by atoms with Crippen LogP contribution in [0.1, 0.15) is 19.8 Å². The van der Waals surface area contributed by atoms with Crippen LogP contribution in [0.3, 0.4) is 0 Å². The van der Waals surface area contributed by atoms with Gasteiger partial charge in [-0.3, -0.25) is 4.79 Å². The number of carbonyl (C=O) groups is 1. The van der Waals surface area contributed by atoms with Gasteiger partial charge in [0.15, 0.2) is 11.4 Å². The second kappa shape index (κ2) is 6.95. The highest BCUT2D eigenvalue weighted by Gasteiger charge is 2.38. The van der Waals surface area contributed by atoms with Crippen molar-refractivity contribution >= 4 is 40.0 Å². The van der Waals surface area contributed by atoms with E-state index in [0.717, 1.165) is 29.7 Å². The van der Waals surface area contributed by atoms with Gasteiger partial charge < -0.3 is 14.2 Å². The van der Waals surface area contributed by atoms with E-state index in [9.17, 15) is 4.79 Å². The molecule has 9 heteroatoms. The van der Waals surface area contributed by atoms with Gasteiger partial charge in [0.25, 0.3) is 0 Å². The van der Waals surface area contributed by atoms with Gasteiger partial charge in [-0.1, -0.05) is 11.6 Å². The van der Waals surface area contributed by atoms with Crippen LogP contribution in [0.5, 0.6) is 0 Å². The molecule has 0 spiro atoms. The average molecular weight is 437 g/mol. The van der Waals surface area contributed by atoms with E-state index in [1.165, 1.54) is 0 Å². The number of hydrogen-bond donors (Lipinski definition) is 0. The molecule has 6 rings (SSSR count). The van der Waals surface area contributed by atoms with E-state index in [2.05, 4.69) is 22.0 Å². The maximum absolute atomic E-state index is 12.6. The lowest BCUT2D eigenvalue weighted by atomic mass is 10.1. The first-order chi connectivity index (χ1) is 15.1. The molecule has 1 aliphatic carbocycles. The zero-order chi connectivity index (χ0) is 21.1. The zero-order valence-corrected chi connectivity index (χ0v) is 17.8. The van der Waals surface area contributed by atoms with Crippen LogP contribution in [0.4, 0.5) is 5.95 Å². The summed E-state index contributed by atoms with van der Waals surface area (Å²) >= 11 is 6.25. The molecule has 2 fully saturated rings. The van der Waals surface area contributed by atoms with Gasteiger partial charge in [-0.25, -0.2) is 9.38 Å². The van der Waals surface area contributed by atoms with Crippen LogP contribution in [0.15, 0.2) is 41.0 Å². The van der Waals surface area contributed by atoms with E-state index < -0.39 is 0 Å². The summed E-state index contributed by atoms with van der Waals surface area (Å²) in [7, 11) is 0. The highest BCUT2D eigenvalue weighted by atomic mass is 35.5. The Morgan fingerprint density at radius 2 is 2.06 bits per heavy atom. The minimum absolute atomic E-state index is 0.0947. The van der Waals surface area contributed by atoms with E-state index >= 15 is 0 Å². The fraction of sp³-hybridized carbons (Fsp3) is 0.364. The highest BCUT2D eigenvalue weighted by molar-refractivity contribution is 6.31. The predicted octanol–water partition coefficient (Wildman–Crippen LogP) is 3.64. The van der Waals surface area contributed by atoms with Gasteiger partial charge in [-0.15, -0.1) is 10.2 Å². The molecule has 0 bridgehead atoms. The molecule has 158 valence electrons. The molecule has 2 aliphatic rings. The normalized spacial score (nSPS) is 19.5. The molecule has 0 unspecified atom stereocenters. The number of benzene rings is 1. The molecule has 0 N–H and O–H groups in total. The van der Waals surface area contributed by atoms with Gasteiger partial charge in [0.05, 0.1) is 11.8 Å². The van der Waals surface area contributed by atoms with Gasteiger partial charge in [-0.2, -0.15) is 0 Å². The van der Waals surface area contributed by atoms with Crippen LogP contribution in [0, 0.1) is 5.92 Å². The third kappa shape index (κ3) is 3.05. The number of halogens is 1. The topological polar surface area (TPSA) is 79.8 Å². The monoisotopic (exact) mass is 436 g/mol. The van der Waals surface area contributed by atoms with Crippen molar-refractivity contribution in [2.24, 2.45) is 5.92 Å². The summed E-state index contributed by atoms with van der Waals surface area (Å²) < 4.78 is 7.56. The smallest absolute Gasteiger partial charge is 0.226 e. The molecule has 8 nitrogen and oxygen atoms in total. The molecule has 1 amide bonds. The maximum Gasteiger partial charge on any atom is 0.226 e. The summed E-state index contributed by atoms with van der Waals surface area (Å²) in [6.07, 6.45) is 3.66. The third-order valence-corrected chi connectivity index (χ3v) is 6.38. The van der Waals surface area contributed by atoms with E-state index in [-0.39, 0.29) is 17.9 Å². The van der Waals surface area contributed by atoms with Crippen molar-refractivity contribution in [1.82, 2.24) is 24.5 Å². The van der Waals surface area contributed by atoms with Crippen molar-refractivity contribution in [3.8, 4) is 11.6 Å². The first kappa shape index (κ1) is 18.6. The number of nitrogens with zero attached hydrogens (tertiary/aromatic N) is 6. The van der Waals surface area contributed by atoms with Gasteiger partial charge in [0, 0.05) is 42.0 Å². The van der Waals surface area contributed by atoms with Crippen molar-refractivity contribution in [1.29, 1.82) is 0 Å². The third-order valence-electron chi connectivity index (χ3n) is 6.15. The van der Waals surface area contributed by atoms with Crippen LogP contribution >= 0.6 is 11.6 Å². The Morgan fingerprint density at radius 1 is 1.19 bits per heavy atom. The van der Waals surface area contributed by atoms with Gasteiger partial charge >= 0.3 is 0 Å². The summed E-state index contributed by atoms with van der Waals surface area (Å²) in [6, 6.07) is 9.38. The number of furan rings is 1. The van der Waals surface area contributed by atoms with Crippen LogP contribution in [-0.2, 0) is 4.79 Å². The van der Waals surface area contributed by atoms with Crippen LogP contribution < -0.4 is 4.90 Å². The summed E-state index contributed by atoms with van der Waals surface area (Å²) in [5.41, 5.74) is 1.46. The Balaban J connectivity index is 1.48.